The second kappa shape index (κ2) is 3.81. The smallest absolute Gasteiger partial charge is 0.407 e. The molecule has 0 aromatic heterocycles. The Hall–Kier alpha value is -1.71. The van der Waals surface area contributed by atoms with Gasteiger partial charge in [-0.1, -0.05) is 6.07 Å². The van der Waals surface area contributed by atoms with E-state index in [9.17, 15) is 4.79 Å². The zero-order chi connectivity index (χ0) is 10.8. The normalized spacial score (nSPS) is 18.3. The highest BCUT2D eigenvalue weighted by atomic mass is 16.5. The topological polar surface area (TPSA) is 64.3 Å². The number of hydrogen-bond donors (Lipinski definition) is 2. The van der Waals surface area contributed by atoms with E-state index >= 15 is 0 Å². The lowest BCUT2D eigenvalue weighted by molar-refractivity contribution is 0.167. The van der Waals surface area contributed by atoms with E-state index in [-0.39, 0.29) is 12.1 Å². The van der Waals surface area contributed by atoms with Crippen LogP contribution in [0.1, 0.15) is 11.1 Å². The molecule has 3 N–H and O–H groups in total. The van der Waals surface area contributed by atoms with Crippen molar-refractivity contribution in [3.8, 4) is 0 Å². The van der Waals surface area contributed by atoms with E-state index in [1.165, 1.54) is 18.2 Å². The van der Waals surface area contributed by atoms with Gasteiger partial charge in [-0.15, -0.1) is 0 Å². The number of methoxy groups -OCH3 is 1. The fraction of sp³-hybridized carbons (Fsp3) is 0.364. The average Bonchev–Trinajstić information content (AvgIpc) is 2.59. The summed E-state index contributed by atoms with van der Waals surface area (Å²) >= 11 is 0. The number of anilines is 1. The van der Waals surface area contributed by atoms with Gasteiger partial charge in [-0.3, -0.25) is 0 Å². The van der Waals surface area contributed by atoms with Crippen LogP contribution in [-0.4, -0.2) is 19.2 Å². The first kappa shape index (κ1) is 9.83. The van der Waals surface area contributed by atoms with Gasteiger partial charge >= 0.3 is 6.09 Å². The van der Waals surface area contributed by atoms with Crippen LogP contribution in [0.2, 0.25) is 0 Å². The van der Waals surface area contributed by atoms with Gasteiger partial charge in [0.15, 0.2) is 0 Å². The second-order valence-corrected chi connectivity index (χ2v) is 3.77. The summed E-state index contributed by atoms with van der Waals surface area (Å²) < 4.78 is 4.56. The Morgan fingerprint density at radius 2 is 2.20 bits per heavy atom. The van der Waals surface area contributed by atoms with E-state index in [1.807, 2.05) is 18.2 Å². The molecule has 0 radical (unpaired) electrons. The van der Waals surface area contributed by atoms with Crippen LogP contribution in [0.15, 0.2) is 18.2 Å². The van der Waals surface area contributed by atoms with Crippen molar-refractivity contribution >= 4 is 11.8 Å². The minimum Gasteiger partial charge on any atom is -0.453 e. The number of nitrogens with one attached hydrogen (secondary N) is 1. The average molecular weight is 206 g/mol. The van der Waals surface area contributed by atoms with Crippen LogP contribution >= 0.6 is 0 Å². The summed E-state index contributed by atoms with van der Waals surface area (Å²) in [5, 5.41) is 2.79. The number of fused-ring (bicyclic) bond motifs is 1. The first-order valence-corrected chi connectivity index (χ1v) is 4.91. The molecule has 1 atom stereocenters. The van der Waals surface area contributed by atoms with Crippen molar-refractivity contribution in [3.63, 3.8) is 0 Å². The van der Waals surface area contributed by atoms with Gasteiger partial charge in [-0.2, -0.15) is 0 Å². The number of alkyl carbamates (subject to hydrolysis) is 1. The minimum atomic E-state index is -0.374. The third-order valence-electron chi connectivity index (χ3n) is 2.67. The first-order valence-electron chi connectivity index (χ1n) is 4.91. The lowest BCUT2D eigenvalue weighted by Crippen LogP contribution is -2.35. The number of hydrogen-bond acceptors (Lipinski definition) is 3. The van der Waals surface area contributed by atoms with Crippen LogP contribution in [0.3, 0.4) is 0 Å². The molecule has 0 aliphatic heterocycles. The second-order valence-electron chi connectivity index (χ2n) is 3.77. The van der Waals surface area contributed by atoms with Gasteiger partial charge in [0.05, 0.1) is 7.11 Å². The molecule has 1 aliphatic carbocycles. The lowest BCUT2D eigenvalue weighted by atomic mass is 10.1. The van der Waals surface area contributed by atoms with Gasteiger partial charge in [-0.25, -0.2) is 4.79 Å². The molecule has 0 spiro atoms. The Bertz CT molecular complexity index is 390. The van der Waals surface area contributed by atoms with Gasteiger partial charge in [-0.05, 0) is 36.1 Å². The highest BCUT2D eigenvalue weighted by Gasteiger charge is 2.22. The molecule has 80 valence electrons. The van der Waals surface area contributed by atoms with Crippen molar-refractivity contribution in [2.24, 2.45) is 0 Å². The number of nitrogen functional groups attached to an aromatic ring is 1. The number of nitrogens with two attached hydrogens (primary N) is 1. The maximum absolute atomic E-state index is 11.0. The highest BCUT2D eigenvalue weighted by molar-refractivity contribution is 5.67. The maximum atomic E-state index is 11.0. The van der Waals surface area contributed by atoms with Gasteiger partial charge in [0.25, 0.3) is 0 Å². The van der Waals surface area contributed by atoms with Crippen molar-refractivity contribution in [1.29, 1.82) is 0 Å². The molecule has 1 unspecified atom stereocenters. The predicted molar refractivity (Wildman–Crippen MR) is 57.6 cm³/mol. The summed E-state index contributed by atoms with van der Waals surface area (Å²) in [6, 6.07) is 6.01. The van der Waals surface area contributed by atoms with Crippen molar-refractivity contribution in [1.82, 2.24) is 5.32 Å². The number of rotatable bonds is 1. The third kappa shape index (κ3) is 2.03. The molecular formula is C11H14N2O2. The fourth-order valence-corrected chi connectivity index (χ4v) is 1.97. The van der Waals surface area contributed by atoms with E-state index in [4.69, 9.17) is 5.73 Å². The van der Waals surface area contributed by atoms with Gasteiger partial charge in [0.1, 0.15) is 0 Å². The van der Waals surface area contributed by atoms with Crippen LogP contribution in [0.5, 0.6) is 0 Å². The minimum absolute atomic E-state index is 0.134. The molecule has 0 fully saturated rings. The van der Waals surface area contributed by atoms with Gasteiger partial charge in [0.2, 0.25) is 0 Å². The van der Waals surface area contributed by atoms with Crippen LogP contribution in [-0.2, 0) is 17.6 Å². The molecule has 15 heavy (non-hydrogen) atoms. The third-order valence-corrected chi connectivity index (χ3v) is 2.67. The predicted octanol–water partition coefficient (Wildman–Crippen LogP) is 1.09. The number of carbonyl (C=O) groups is 1. The summed E-state index contributed by atoms with van der Waals surface area (Å²) in [5.41, 5.74) is 8.94. The van der Waals surface area contributed by atoms with E-state index in [1.54, 1.807) is 0 Å². The molecule has 0 bridgehead atoms. The number of benzene rings is 1. The van der Waals surface area contributed by atoms with Crippen molar-refractivity contribution < 1.29 is 9.53 Å². The van der Waals surface area contributed by atoms with Crippen LogP contribution < -0.4 is 11.1 Å². The van der Waals surface area contributed by atoms with E-state index in [0.29, 0.717) is 0 Å². The number of carbonyl (C=O) groups excluding carboxylic acids is 1. The van der Waals surface area contributed by atoms with E-state index in [2.05, 4.69) is 10.1 Å². The largest absolute Gasteiger partial charge is 0.453 e. The Labute approximate surface area is 88.4 Å². The summed E-state index contributed by atoms with van der Waals surface area (Å²) in [6.07, 6.45) is 1.31. The molecule has 1 aliphatic rings. The van der Waals surface area contributed by atoms with Gasteiger partial charge in [0, 0.05) is 11.7 Å². The van der Waals surface area contributed by atoms with E-state index < -0.39 is 0 Å². The summed E-state index contributed by atoms with van der Waals surface area (Å²) in [4.78, 5) is 11.0. The first-order chi connectivity index (χ1) is 7.19. The Balaban J connectivity index is 2.06. The number of ether oxygens (including phenoxy) is 1. The monoisotopic (exact) mass is 206 g/mol. The molecule has 1 aromatic rings. The molecule has 0 saturated carbocycles. The van der Waals surface area contributed by atoms with E-state index in [0.717, 1.165) is 18.5 Å². The zero-order valence-corrected chi connectivity index (χ0v) is 8.62. The molecule has 1 amide bonds. The highest BCUT2D eigenvalue weighted by Crippen LogP contribution is 2.24. The van der Waals surface area contributed by atoms with Crippen LogP contribution in [0.25, 0.3) is 0 Å². The number of amides is 1. The zero-order valence-electron chi connectivity index (χ0n) is 8.62. The van der Waals surface area contributed by atoms with Crippen molar-refractivity contribution in [2.75, 3.05) is 12.8 Å². The molecular weight excluding hydrogens is 192 g/mol. The van der Waals surface area contributed by atoms with Gasteiger partial charge < -0.3 is 15.8 Å². The quantitative estimate of drug-likeness (QED) is 0.676. The SMILES string of the molecule is COC(=O)NC1Cc2ccc(N)cc2C1. The standard InChI is InChI=1S/C11H14N2O2/c1-15-11(14)13-10-5-7-2-3-9(12)4-8(7)6-10/h2-4,10H,5-6,12H2,1H3,(H,13,14). The Kier molecular flexibility index (Phi) is 2.49. The lowest BCUT2D eigenvalue weighted by Gasteiger charge is -2.09. The van der Waals surface area contributed by atoms with Crippen LogP contribution in [0, 0.1) is 0 Å². The fourth-order valence-electron chi connectivity index (χ4n) is 1.97. The molecule has 4 heteroatoms. The molecule has 2 rings (SSSR count). The molecule has 4 nitrogen and oxygen atoms in total. The summed E-state index contributed by atoms with van der Waals surface area (Å²) in [7, 11) is 1.37. The molecule has 0 heterocycles. The summed E-state index contributed by atoms with van der Waals surface area (Å²) in [6.45, 7) is 0. The molecule has 1 aromatic carbocycles. The van der Waals surface area contributed by atoms with Crippen LogP contribution in [0.4, 0.5) is 10.5 Å². The van der Waals surface area contributed by atoms with Crippen molar-refractivity contribution in [2.45, 2.75) is 18.9 Å². The Morgan fingerprint density at radius 1 is 1.47 bits per heavy atom. The maximum Gasteiger partial charge on any atom is 0.407 e. The Morgan fingerprint density at radius 3 is 2.93 bits per heavy atom. The summed E-state index contributed by atoms with van der Waals surface area (Å²) in [5.74, 6) is 0. The molecule has 0 saturated heterocycles. The van der Waals surface area contributed by atoms with Crippen molar-refractivity contribution in [3.05, 3.63) is 29.3 Å².